The zero-order chi connectivity index (χ0) is 13.8. The molecule has 1 fully saturated rings. The fraction of sp³-hybridized carbons (Fsp3) is 0.385. The van der Waals surface area contributed by atoms with Gasteiger partial charge in [0, 0.05) is 13.1 Å². The van der Waals surface area contributed by atoms with Crippen molar-refractivity contribution in [2.24, 2.45) is 18.2 Å². The van der Waals surface area contributed by atoms with Crippen LogP contribution >= 0.6 is 0 Å². The first-order valence-corrected chi connectivity index (χ1v) is 6.04. The van der Waals surface area contributed by atoms with Crippen molar-refractivity contribution in [3.05, 3.63) is 34.3 Å². The van der Waals surface area contributed by atoms with Gasteiger partial charge in [0.2, 0.25) is 0 Å². The summed E-state index contributed by atoms with van der Waals surface area (Å²) < 4.78 is 6.49. The van der Waals surface area contributed by atoms with Crippen molar-refractivity contribution >= 4 is 17.1 Å². The Hall–Kier alpha value is -2.08. The lowest BCUT2D eigenvalue weighted by atomic mass is 9.91. The van der Waals surface area contributed by atoms with Crippen LogP contribution in [-0.2, 0) is 11.8 Å². The van der Waals surface area contributed by atoms with Gasteiger partial charge in [0.1, 0.15) is 0 Å². The van der Waals surface area contributed by atoms with Crippen molar-refractivity contribution in [3.63, 3.8) is 0 Å². The second kappa shape index (κ2) is 3.71. The molecule has 1 atom stereocenters. The zero-order valence-electron chi connectivity index (χ0n) is 10.4. The number of carboxylic acid groups (broad SMARTS) is 1. The molecule has 1 aromatic carbocycles. The van der Waals surface area contributed by atoms with E-state index in [2.05, 4.69) is 0 Å². The van der Waals surface area contributed by atoms with E-state index in [1.54, 1.807) is 25.2 Å². The minimum absolute atomic E-state index is 0.432. The predicted octanol–water partition coefficient (Wildman–Crippen LogP) is 0.996. The molecule has 1 aliphatic carbocycles. The lowest BCUT2D eigenvalue weighted by Crippen LogP contribution is -2.29. The van der Waals surface area contributed by atoms with Gasteiger partial charge in [0.15, 0.2) is 5.58 Å². The third-order valence-corrected chi connectivity index (χ3v) is 3.99. The Kier molecular flexibility index (Phi) is 2.34. The van der Waals surface area contributed by atoms with Gasteiger partial charge in [-0.15, -0.1) is 0 Å². The molecule has 1 aromatic heterocycles. The monoisotopic (exact) mass is 262 g/mol. The fourth-order valence-electron chi connectivity index (χ4n) is 2.46. The molecule has 3 N–H and O–H groups in total. The molecule has 0 saturated heterocycles. The van der Waals surface area contributed by atoms with Crippen LogP contribution in [0.4, 0.5) is 0 Å². The zero-order valence-corrected chi connectivity index (χ0v) is 10.4. The van der Waals surface area contributed by atoms with Gasteiger partial charge in [-0.3, -0.25) is 9.36 Å². The molecule has 0 bridgehead atoms. The number of aliphatic carboxylic acids is 1. The molecule has 0 spiro atoms. The smallest absolute Gasteiger partial charge is 0.419 e. The van der Waals surface area contributed by atoms with Crippen molar-refractivity contribution in [1.29, 1.82) is 0 Å². The maximum atomic E-state index is 11.4. The number of carbonyl (C=O) groups is 1. The number of fused-ring (bicyclic) bond motifs is 1. The molecular weight excluding hydrogens is 248 g/mol. The second-order valence-corrected chi connectivity index (χ2v) is 5.09. The van der Waals surface area contributed by atoms with E-state index in [1.807, 2.05) is 0 Å². The van der Waals surface area contributed by atoms with Crippen molar-refractivity contribution in [1.82, 2.24) is 4.57 Å². The van der Waals surface area contributed by atoms with E-state index in [-0.39, 0.29) is 0 Å². The molecule has 19 heavy (non-hydrogen) atoms. The van der Waals surface area contributed by atoms with E-state index in [4.69, 9.17) is 10.2 Å². The predicted molar refractivity (Wildman–Crippen MR) is 67.7 cm³/mol. The Labute approximate surface area is 108 Å². The maximum absolute atomic E-state index is 11.4. The number of nitrogens with zero attached hydrogens (tertiary/aromatic N) is 1. The maximum Gasteiger partial charge on any atom is 0.419 e. The standard InChI is InChI=1S/C13H14N2O4/c1-15-8-3-2-7(6-9(8)19-12(15)18)10(14)13(4-5-13)11(16)17/h2-3,6,10H,4-5,14H2,1H3,(H,16,17). The Morgan fingerprint density at radius 3 is 2.79 bits per heavy atom. The average molecular weight is 262 g/mol. The summed E-state index contributed by atoms with van der Waals surface area (Å²) in [5, 5.41) is 9.24. The first-order valence-electron chi connectivity index (χ1n) is 6.04. The van der Waals surface area contributed by atoms with E-state index in [9.17, 15) is 14.7 Å². The molecule has 0 aliphatic heterocycles. The Morgan fingerprint density at radius 2 is 2.21 bits per heavy atom. The molecule has 1 heterocycles. The van der Waals surface area contributed by atoms with Crippen LogP contribution in [0.15, 0.2) is 27.4 Å². The van der Waals surface area contributed by atoms with Gasteiger partial charge >= 0.3 is 11.7 Å². The average Bonchev–Trinajstić information content (AvgIpc) is 3.13. The van der Waals surface area contributed by atoms with Gasteiger partial charge in [-0.05, 0) is 30.5 Å². The lowest BCUT2D eigenvalue weighted by molar-refractivity contribution is -0.144. The molecular formula is C13H14N2O4. The first kappa shape index (κ1) is 12.0. The third-order valence-electron chi connectivity index (χ3n) is 3.99. The lowest BCUT2D eigenvalue weighted by Gasteiger charge is -2.19. The van der Waals surface area contributed by atoms with Crippen LogP contribution in [0, 0.1) is 5.41 Å². The molecule has 1 saturated carbocycles. The summed E-state index contributed by atoms with van der Waals surface area (Å²) in [6.45, 7) is 0. The Balaban J connectivity index is 2.07. The number of nitrogens with two attached hydrogens (primary N) is 1. The van der Waals surface area contributed by atoms with E-state index >= 15 is 0 Å². The van der Waals surface area contributed by atoms with Crippen molar-refractivity contribution in [2.45, 2.75) is 18.9 Å². The summed E-state index contributed by atoms with van der Waals surface area (Å²) in [6.07, 6.45) is 1.17. The summed E-state index contributed by atoms with van der Waals surface area (Å²) in [4.78, 5) is 22.7. The van der Waals surface area contributed by atoms with Crippen LogP contribution in [-0.4, -0.2) is 15.6 Å². The number of carboxylic acids is 1. The van der Waals surface area contributed by atoms with Gasteiger partial charge in [-0.1, -0.05) is 6.07 Å². The number of hydrogen-bond acceptors (Lipinski definition) is 4. The minimum atomic E-state index is -0.866. The number of benzene rings is 1. The largest absolute Gasteiger partial charge is 0.481 e. The van der Waals surface area contributed by atoms with Crippen molar-refractivity contribution in [3.8, 4) is 0 Å². The summed E-state index contributed by atoms with van der Waals surface area (Å²) in [5.74, 6) is -1.31. The number of rotatable bonds is 3. The van der Waals surface area contributed by atoms with Crippen LogP contribution < -0.4 is 11.5 Å². The van der Waals surface area contributed by atoms with Crippen LogP contribution in [0.2, 0.25) is 0 Å². The molecule has 0 amide bonds. The molecule has 100 valence electrons. The highest BCUT2D eigenvalue weighted by Crippen LogP contribution is 2.54. The Bertz CT molecular complexity index is 724. The highest BCUT2D eigenvalue weighted by molar-refractivity contribution is 5.80. The molecule has 6 nitrogen and oxygen atoms in total. The number of aryl methyl sites for hydroxylation is 1. The molecule has 0 radical (unpaired) electrons. The summed E-state index contributed by atoms with van der Waals surface area (Å²) >= 11 is 0. The van der Waals surface area contributed by atoms with Gasteiger partial charge in [-0.2, -0.15) is 0 Å². The minimum Gasteiger partial charge on any atom is -0.481 e. The highest BCUT2D eigenvalue weighted by atomic mass is 16.4. The quantitative estimate of drug-likeness (QED) is 0.859. The van der Waals surface area contributed by atoms with E-state index in [0.717, 1.165) is 0 Å². The first-order chi connectivity index (χ1) is 8.95. The molecule has 3 rings (SSSR count). The molecule has 2 aromatic rings. The van der Waals surface area contributed by atoms with Gasteiger partial charge in [0.25, 0.3) is 0 Å². The summed E-state index contributed by atoms with van der Waals surface area (Å²) in [7, 11) is 1.62. The van der Waals surface area contributed by atoms with Crippen LogP contribution in [0.3, 0.4) is 0 Å². The van der Waals surface area contributed by atoms with Gasteiger partial charge in [0.05, 0.1) is 10.9 Å². The van der Waals surface area contributed by atoms with Gasteiger partial charge in [-0.25, -0.2) is 4.79 Å². The van der Waals surface area contributed by atoms with Crippen molar-refractivity contribution in [2.75, 3.05) is 0 Å². The topological polar surface area (TPSA) is 98.5 Å². The fourth-order valence-corrected chi connectivity index (χ4v) is 2.46. The van der Waals surface area contributed by atoms with Crippen LogP contribution in [0.5, 0.6) is 0 Å². The molecule has 1 unspecified atom stereocenters. The molecule has 6 heteroatoms. The summed E-state index contributed by atoms with van der Waals surface area (Å²) in [5.41, 5.74) is 6.99. The van der Waals surface area contributed by atoms with E-state index < -0.39 is 23.2 Å². The molecule has 1 aliphatic rings. The number of aromatic nitrogens is 1. The summed E-state index contributed by atoms with van der Waals surface area (Å²) in [6, 6.07) is 4.56. The van der Waals surface area contributed by atoms with Crippen molar-refractivity contribution < 1.29 is 14.3 Å². The van der Waals surface area contributed by atoms with E-state index in [1.165, 1.54) is 4.57 Å². The van der Waals surface area contributed by atoms with Crippen LogP contribution in [0.1, 0.15) is 24.4 Å². The highest BCUT2D eigenvalue weighted by Gasteiger charge is 2.55. The van der Waals surface area contributed by atoms with Crippen LogP contribution in [0.25, 0.3) is 11.1 Å². The number of hydrogen-bond donors (Lipinski definition) is 2. The third kappa shape index (κ3) is 1.60. The SMILES string of the molecule is Cn1c(=O)oc2cc(C(N)C3(C(=O)O)CC3)ccc21. The number of oxazole rings is 1. The van der Waals surface area contributed by atoms with Gasteiger partial charge < -0.3 is 15.3 Å². The normalized spacial score (nSPS) is 18.4. The Morgan fingerprint density at radius 1 is 1.53 bits per heavy atom. The second-order valence-electron chi connectivity index (χ2n) is 5.09. The van der Waals surface area contributed by atoms with E-state index in [0.29, 0.717) is 29.5 Å².